The number of esters is 1. The summed E-state index contributed by atoms with van der Waals surface area (Å²) in [7, 11) is -4.61. The molecule has 10 nitrogen and oxygen atoms in total. The van der Waals surface area contributed by atoms with Crippen molar-refractivity contribution < 1.29 is 42.7 Å². The molecule has 0 saturated heterocycles. The number of allylic oxidation sites excluding steroid dienone is 2. The van der Waals surface area contributed by atoms with Crippen molar-refractivity contribution in [3.63, 3.8) is 0 Å². The predicted octanol–water partition coefficient (Wildman–Crippen LogP) is 11.0. The molecule has 51 heavy (non-hydrogen) atoms. The molecule has 0 rings (SSSR count). The van der Waals surface area contributed by atoms with Gasteiger partial charge in [-0.2, -0.15) is 0 Å². The van der Waals surface area contributed by atoms with E-state index in [1.54, 1.807) is 0 Å². The van der Waals surface area contributed by atoms with Crippen molar-refractivity contribution in [1.82, 2.24) is 0 Å². The standard InChI is InChI=1S/C40H78NO9P/c1-3-5-7-9-11-13-15-17-19-20-22-24-26-28-30-32-39(42)50-37(35-48-51(45,46)49-36-38(41)40(43)44)34-47-33-31-29-27-25-23-21-18-16-14-12-10-8-6-4-2/h17,19,37-38H,3-16,18,20-36,41H2,1-2H3,(H,43,44)(H,45,46)/b19-17-/t37-,38+/m1/s1. The van der Waals surface area contributed by atoms with Crippen LogP contribution in [0.25, 0.3) is 0 Å². The van der Waals surface area contributed by atoms with Crippen molar-refractivity contribution in [3.8, 4) is 0 Å². The minimum atomic E-state index is -4.61. The second-order valence-electron chi connectivity index (χ2n) is 14.1. The molecule has 0 aliphatic heterocycles. The molecule has 4 N–H and O–H groups in total. The maximum absolute atomic E-state index is 12.6. The van der Waals surface area contributed by atoms with Crippen LogP contribution in [0.4, 0.5) is 0 Å². The summed E-state index contributed by atoms with van der Waals surface area (Å²) in [6, 6.07) is -1.47. The number of hydrogen-bond donors (Lipinski definition) is 3. The van der Waals surface area contributed by atoms with E-state index in [9.17, 15) is 19.0 Å². The van der Waals surface area contributed by atoms with E-state index in [2.05, 4.69) is 26.0 Å². The molecule has 0 spiro atoms. The minimum absolute atomic E-state index is 0.0190. The van der Waals surface area contributed by atoms with Gasteiger partial charge < -0.3 is 25.2 Å². The number of nitrogens with two attached hydrogens (primary N) is 1. The summed E-state index contributed by atoms with van der Waals surface area (Å²) in [5.74, 6) is -1.78. The minimum Gasteiger partial charge on any atom is -0.480 e. The molecule has 0 radical (unpaired) electrons. The highest BCUT2D eigenvalue weighted by atomic mass is 31.2. The van der Waals surface area contributed by atoms with Gasteiger partial charge in [-0.3, -0.25) is 18.6 Å². The van der Waals surface area contributed by atoms with E-state index in [1.165, 1.54) is 116 Å². The Labute approximate surface area is 312 Å². The van der Waals surface area contributed by atoms with Crippen molar-refractivity contribution in [1.29, 1.82) is 0 Å². The number of hydrogen-bond acceptors (Lipinski definition) is 8. The Hall–Kier alpha value is -1.29. The first-order chi connectivity index (χ1) is 24.7. The van der Waals surface area contributed by atoms with Gasteiger partial charge in [-0.05, 0) is 38.5 Å². The van der Waals surface area contributed by atoms with Gasteiger partial charge in [0.25, 0.3) is 0 Å². The summed E-state index contributed by atoms with van der Waals surface area (Å²) >= 11 is 0. The number of carboxylic acid groups (broad SMARTS) is 1. The van der Waals surface area contributed by atoms with E-state index in [0.29, 0.717) is 13.0 Å². The Balaban J connectivity index is 4.26. The SMILES string of the molecule is CCCCCCCC/C=C\CCCCCCCC(=O)O[C@H](COCCCCCCCCCCCCCCCC)COP(=O)(O)OC[C@H](N)C(=O)O. The lowest BCUT2D eigenvalue weighted by atomic mass is 10.0. The van der Waals surface area contributed by atoms with E-state index >= 15 is 0 Å². The van der Waals surface area contributed by atoms with Gasteiger partial charge in [-0.25, -0.2) is 4.57 Å². The average Bonchev–Trinajstić information content (AvgIpc) is 3.10. The molecule has 0 aromatic heterocycles. The highest BCUT2D eigenvalue weighted by Crippen LogP contribution is 2.43. The number of phosphoric ester groups is 1. The lowest BCUT2D eigenvalue weighted by molar-refractivity contribution is -0.154. The first kappa shape index (κ1) is 49.7. The average molecular weight is 748 g/mol. The molecule has 0 aromatic carbocycles. The Morgan fingerprint density at radius 1 is 0.608 bits per heavy atom. The Morgan fingerprint density at radius 3 is 1.49 bits per heavy atom. The topological polar surface area (TPSA) is 155 Å². The fraction of sp³-hybridized carbons (Fsp3) is 0.900. The van der Waals surface area contributed by atoms with Crippen molar-refractivity contribution in [2.75, 3.05) is 26.4 Å². The summed E-state index contributed by atoms with van der Waals surface area (Å²) in [5.41, 5.74) is 5.34. The Morgan fingerprint density at radius 2 is 1.02 bits per heavy atom. The third kappa shape index (κ3) is 36.8. The highest BCUT2D eigenvalue weighted by molar-refractivity contribution is 7.47. The molecule has 1 unspecified atom stereocenters. The number of unbranched alkanes of at least 4 members (excludes halogenated alkanes) is 24. The largest absolute Gasteiger partial charge is 0.480 e. The lowest BCUT2D eigenvalue weighted by Gasteiger charge is -2.20. The van der Waals surface area contributed by atoms with Crippen LogP contribution in [-0.2, 0) is 32.7 Å². The molecular weight excluding hydrogens is 669 g/mol. The van der Waals surface area contributed by atoms with Gasteiger partial charge in [0, 0.05) is 13.0 Å². The van der Waals surface area contributed by atoms with Crippen LogP contribution in [0.2, 0.25) is 0 Å². The maximum atomic E-state index is 12.6. The second kappa shape index (κ2) is 37.0. The number of aliphatic carboxylic acids is 1. The monoisotopic (exact) mass is 748 g/mol. The van der Waals surface area contributed by atoms with Gasteiger partial charge in [0.15, 0.2) is 0 Å². The smallest absolute Gasteiger partial charge is 0.472 e. The first-order valence-electron chi connectivity index (χ1n) is 20.7. The van der Waals surface area contributed by atoms with Crippen LogP contribution in [0.5, 0.6) is 0 Å². The fourth-order valence-corrected chi connectivity index (χ4v) is 6.55. The molecule has 0 fully saturated rings. The predicted molar refractivity (Wildman–Crippen MR) is 208 cm³/mol. The normalized spacial score (nSPS) is 14.1. The third-order valence-corrected chi connectivity index (χ3v) is 10.00. The zero-order chi connectivity index (χ0) is 37.7. The number of carbonyl (C=O) groups excluding carboxylic acids is 1. The van der Waals surface area contributed by atoms with Crippen LogP contribution in [0.15, 0.2) is 12.2 Å². The summed E-state index contributed by atoms with van der Waals surface area (Å²) in [4.78, 5) is 33.4. The summed E-state index contributed by atoms with van der Waals surface area (Å²) in [6.07, 6.45) is 36.8. The molecule has 0 heterocycles. The molecule has 0 saturated carbocycles. The number of ether oxygens (including phenoxy) is 2. The van der Waals surface area contributed by atoms with E-state index in [-0.39, 0.29) is 13.0 Å². The fourth-order valence-electron chi connectivity index (χ4n) is 5.77. The van der Waals surface area contributed by atoms with Crippen LogP contribution in [0.1, 0.15) is 194 Å². The van der Waals surface area contributed by atoms with Crippen LogP contribution in [0, 0.1) is 0 Å². The van der Waals surface area contributed by atoms with E-state index in [0.717, 1.165) is 51.4 Å². The second-order valence-corrected chi connectivity index (χ2v) is 15.6. The quantitative estimate of drug-likeness (QED) is 0.0239. The molecule has 0 aromatic rings. The molecule has 0 aliphatic carbocycles. The van der Waals surface area contributed by atoms with Gasteiger partial charge >= 0.3 is 19.8 Å². The Bertz CT molecular complexity index is 873. The van der Waals surface area contributed by atoms with Gasteiger partial charge in [-0.15, -0.1) is 0 Å². The number of carboxylic acids is 1. The van der Waals surface area contributed by atoms with Crippen LogP contribution in [0.3, 0.4) is 0 Å². The molecular formula is C40H78NO9P. The van der Waals surface area contributed by atoms with Crippen molar-refractivity contribution in [3.05, 3.63) is 12.2 Å². The van der Waals surface area contributed by atoms with E-state index in [1.807, 2.05) is 0 Å². The number of phosphoric acid groups is 1. The third-order valence-electron chi connectivity index (χ3n) is 9.04. The summed E-state index contributed by atoms with van der Waals surface area (Å²) < 4.78 is 33.3. The molecule has 302 valence electrons. The number of carbonyl (C=O) groups is 2. The lowest BCUT2D eigenvalue weighted by Crippen LogP contribution is -2.34. The van der Waals surface area contributed by atoms with Crippen LogP contribution < -0.4 is 5.73 Å². The van der Waals surface area contributed by atoms with Crippen molar-refractivity contribution in [2.24, 2.45) is 5.73 Å². The summed E-state index contributed by atoms with van der Waals surface area (Å²) in [5, 5.41) is 8.88. The van der Waals surface area contributed by atoms with Crippen LogP contribution in [-0.4, -0.2) is 60.5 Å². The molecule has 3 atom stereocenters. The van der Waals surface area contributed by atoms with Gasteiger partial charge in [-0.1, -0.05) is 161 Å². The maximum Gasteiger partial charge on any atom is 0.472 e. The zero-order valence-corrected chi connectivity index (χ0v) is 33.6. The van der Waals surface area contributed by atoms with Gasteiger partial charge in [0.05, 0.1) is 19.8 Å². The Kier molecular flexibility index (Phi) is 36.1. The van der Waals surface area contributed by atoms with E-state index in [4.69, 9.17) is 29.4 Å². The first-order valence-corrected chi connectivity index (χ1v) is 22.2. The molecule has 0 amide bonds. The molecule has 11 heteroatoms. The molecule has 0 bridgehead atoms. The zero-order valence-electron chi connectivity index (χ0n) is 32.7. The highest BCUT2D eigenvalue weighted by Gasteiger charge is 2.27. The van der Waals surface area contributed by atoms with Crippen LogP contribution >= 0.6 is 7.82 Å². The number of rotatable bonds is 40. The van der Waals surface area contributed by atoms with Crippen molar-refractivity contribution >= 4 is 19.8 Å². The summed E-state index contributed by atoms with van der Waals surface area (Å²) in [6.45, 7) is 3.88. The van der Waals surface area contributed by atoms with E-state index < -0.39 is 45.1 Å². The molecule has 0 aliphatic rings. The van der Waals surface area contributed by atoms with Gasteiger partial charge in [0.1, 0.15) is 12.1 Å². The van der Waals surface area contributed by atoms with Gasteiger partial charge in [0.2, 0.25) is 0 Å². The van der Waals surface area contributed by atoms with Crippen molar-refractivity contribution in [2.45, 2.75) is 206 Å².